The zero-order chi connectivity index (χ0) is 17.1. The smallest absolute Gasteiger partial charge is 0.202 e. The van der Waals surface area contributed by atoms with Gasteiger partial charge in [0.15, 0.2) is 0 Å². The second-order valence-corrected chi connectivity index (χ2v) is 6.62. The summed E-state index contributed by atoms with van der Waals surface area (Å²) in [7, 11) is 3.21. The van der Waals surface area contributed by atoms with Crippen LogP contribution in [0.2, 0.25) is 0 Å². The van der Waals surface area contributed by atoms with Crippen LogP contribution in [0.15, 0.2) is 16.9 Å². The van der Waals surface area contributed by atoms with Gasteiger partial charge in [0, 0.05) is 5.69 Å². The number of aromatic amines is 1. The van der Waals surface area contributed by atoms with Crippen molar-refractivity contribution in [2.75, 3.05) is 27.3 Å². The molecule has 130 valence electrons. The fourth-order valence-corrected chi connectivity index (χ4v) is 3.71. The van der Waals surface area contributed by atoms with Gasteiger partial charge in [-0.15, -0.1) is 0 Å². The van der Waals surface area contributed by atoms with E-state index in [9.17, 15) is 4.79 Å². The molecule has 2 N–H and O–H groups in total. The summed E-state index contributed by atoms with van der Waals surface area (Å²) < 4.78 is 10.8. The van der Waals surface area contributed by atoms with Crippen LogP contribution >= 0.6 is 0 Å². The number of ether oxygens (including phenoxy) is 2. The lowest BCUT2D eigenvalue weighted by molar-refractivity contribution is -0.913. The van der Waals surface area contributed by atoms with Crippen molar-refractivity contribution in [3.05, 3.63) is 33.6 Å². The molecule has 1 saturated heterocycles. The van der Waals surface area contributed by atoms with Crippen LogP contribution in [0.5, 0.6) is 11.5 Å². The van der Waals surface area contributed by atoms with Crippen LogP contribution < -0.4 is 19.8 Å². The molecule has 0 amide bonds. The molecule has 0 aliphatic carbocycles. The molecule has 24 heavy (non-hydrogen) atoms. The van der Waals surface area contributed by atoms with E-state index in [1.54, 1.807) is 20.3 Å². The number of methoxy groups -OCH3 is 2. The zero-order valence-corrected chi connectivity index (χ0v) is 14.8. The van der Waals surface area contributed by atoms with E-state index in [0.717, 1.165) is 30.9 Å². The highest BCUT2D eigenvalue weighted by molar-refractivity contribution is 5.90. The first-order valence-electron chi connectivity index (χ1n) is 8.75. The molecular formula is C19H27N2O3+. The van der Waals surface area contributed by atoms with Crippen LogP contribution in [-0.2, 0) is 6.54 Å². The molecule has 2 heterocycles. The van der Waals surface area contributed by atoms with Crippen molar-refractivity contribution in [3.63, 3.8) is 0 Å². The Morgan fingerprint density at radius 3 is 2.29 bits per heavy atom. The third-order valence-corrected chi connectivity index (χ3v) is 5.07. The number of benzene rings is 1. The second-order valence-electron chi connectivity index (χ2n) is 6.62. The minimum atomic E-state index is 0.0637. The fraction of sp³-hybridized carbons (Fsp3) is 0.526. The van der Waals surface area contributed by atoms with Gasteiger partial charge in [-0.1, -0.05) is 0 Å². The van der Waals surface area contributed by atoms with Crippen LogP contribution in [0.25, 0.3) is 10.9 Å². The molecule has 1 aliphatic heterocycles. The zero-order valence-electron chi connectivity index (χ0n) is 14.8. The maximum atomic E-state index is 13.2. The molecule has 0 saturated carbocycles. The van der Waals surface area contributed by atoms with Crippen molar-refractivity contribution >= 4 is 10.9 Å². The third-order valence-electron chi connectivity index (χ3n) is 5.07. The van der Waals surface area contributed by atoms with Crippen LogP contribution in [0, 0.1) is 6.92 Å². The molecule has 2 aromatic rings. The molecular weight excluding hydrogens is 304 g/mol. The third kappa shape index (κ3) is 3.13. The Labute approximate surface area is 142 Å². The van der Waals surface area contributed by atoms with E-state index in [4.69, 9.17) is 9.47 Å². The monoisotopic (exact) mass is 331 g/mol. The first-order chi connectivity index (χ1) is 11.7. The van der Waals surface area contributed by atoms with Crippen molar-refractivity contribution in [3.8, 4) is 11.5 Å². The minimum Gasteiger partial charge on any atom is -0.496 e. The maximum absolute atomic E-state index is 13.2. The van der Waals surface area contributed by atoms with Crippen molar-refractivity contribution in [2.45, 2.75) is 39.2 Å². The number of aromatic nitrogens is 1. The van der Waals surface area contributed by atoms with E-state index in [1.165, 1.54) is 30.6 Å². The van der Waals surface area contributed by atoms with Gasteiger partial charge in [-0.3, -0.25) is 4.79 Å². The van der Waals surface area contributed by atoms with Crippen molar-refractivity contribution < 1.29 is 14.4 Å². The summed E-state index contributed by atoms with van der Waals surface area (Å²) in [6.07, 6.45) is 5.11. The summed E-state index contributed by atoms with van der Waals surface area (Å²) in [4.78, 5) is 18.1. The lowest BCUT2D eigenvalue weighted by Crippen LogP contribution is -3.10. The van der Waals surface area contributed by atoms with E-state index >= 15 is 0 Å². The van der Waals surface area contributed by atoms with Gasteiger partial charge in [-0.25, -0.2) is 0 Å². The topological polar surface area (TPSA) is 55.8 Å². The predicted octanol–water partition coefficient (Wildman–Crippen LogP) is 1.81. The summed E-state index contributed by atoms with van der Waals surface area (Å²) in [5, 5.41) is 0.590. The molecule has 1 aromatic heterocycles. The number of aryl methyl sites for hydroxylation is 1. The Hall–Kier alpha value is -2.01. The first kappa shape index (κ1) is 16.8. The molecule has 5 nitrogen and oxygen atoms in total. The maximum Gasteiger partial charge on any atom is 0.202 e. The molecule has 1 fully saturated rings. The Balaban J connectivity index is 2.10. The van der Waals surface area contributed by atoms with Gasteiger partial charge in [0.2, 0.25) is 5.43 Å². The average molecular weight is 331 g/mol. The van der Waals surface area contributed by atoms with E-state index in [0.29, 0.717) is 22.4 Å². The van der Waals surface area contributed by atoms with Gasteiger partial charge >= 0.3 is 0 Å². The SMILES string of the molecule is COc1ccc(OC)c2c(=O)c(C[NH+]3CCCCCC3)c(C)[nH]c12. The number of hydrogen-bond acceptors (Lipinski definition) is 3. The number of likely N-dealkylation sites (tertiary alicyclic amines) is 1. The molecule has 1 aliphatic rings. The Kier molecular flexibility index (Phi) is 5.09. The number of quaternary nitrogens is 1. The number of rotatable bonds is 4. The first-order valence-corrected chi connectivity index (χ1v) is 8.75. The molecule has 5 heteroatoms. The number of hydrogen-bond donors (Lipinski definition) is 2. The Bertz CT molecular complexity index is 774. The van der Waals surface area contributed by atoms with Gasteiger partial charge in [0.1, 0.15) is 18.0 Å². The molecule has 0 atom stereocenters. The molecule has 0 spiro atoms. The normalized spacial score (nSPS) is 16.1. The Morgan fingerprint density at radius 1 is 1.04 bits per heavy atom. The second kappa shape index (κ2) is 7.26. The highest BCUT2D eigenvalue weighted by Crippen LogP contribution is 2.30. The van der Waals surface area contributed by atoms with Gasteiger partial charge in [0.25, 0.3) is 0 Å². The molecule has 0 unspecified atom stereocenters. The van der Waals surface area contributed by atoms with E-state index in [-0.39, 0.29) is 5.43 Å². The number of nitrogens with one attached hydrogen (secondary N) is 2. The highest BCUT2D eigenvalue weighted by atomic mass is 16.5. The van der Waals surface area contributed by atoms with Gasteiger partial charge in [-0.2, -0.15) is 0 Å². The quantitative estimate of drug-likeness (QED) is 0.898. The number of fused-ring (bicyclic) bond motifs is 1. The fourth-order valence-electron chi connectivity index (χ4n) is 3.71. The van der Waals surface area contributed by atoms with Crippen LogP contribution in [0.4, 0.5) is 0 Å². The van der Waals surface area contributed by atoms with Gasteiger partial charge in [0.05, 0.1) is 43.8 Å². The molecule has 0 bridgehead atoms. The number of H-pyrrole nitrogens is 1. The van der Waals surface area contributed by atoms with Crippen molar-refractivity contribution in [1.82, 2.24) is 4.98 Å². The minimum absolute atomic E-state index is 0.0637. The summed E-state index contributed by atoms with van der Waals surface area (Å²) in [5.74, 6) is 1.26. The summed E-state index contributed by atoms with van der Waals surface area (Å²) in [6, 6.07) is 3.63. The lowest BCUT2D eigenvalue weighted by Gasteiger charge is -2.19. The summed E-state index contributed by atoms with van der Waals surface area (Å²) >= 11 is 0. The van der Waals surface area contributed by atoms with E-state index in [1.807, 2.05) is 13.0 Å². The van der Waals surface area contributed by atoms with Gasteiger partial charge < -0.3 is 19.4 Å². The van der Waals surface area contributed by atoms with Crippen molar-refractivity contribution in [2.24, 2.45) is 0 Å². The van der Waals surface area contributed by atoms with Crippen LogP contribution in [-0.4, -0.2) is 32.3 Å². The number of pyridine rings is 1. The van der Waals surface area contributed by atoms with Crippen LogP contribution in [0.1, 0.15) is 36.9 Å². The van der Waals surface area contributed by atoms with E-state index < -0.39 is 0 Å². The van der Waals surface area contributed by atoms with E-state index in [2.05, 4.69) is 4.98 Å². The lowest BCUT2D eigenvalue weighted by atomic mass is 10.1. The molecule has 3 rings (SSSR count). The van der Waals surface area contributed by atoms with Gasteiger partial charge in [-0.05, 0) is 44.7 Å². The highest BCUT2D eigenvalue weighted by Gasteiger charge is 2.20. The molecule has 1 aromatic carbocycles. The largest absolute Gasteiger partial charge is 0.496 e. The predicted molar refractivity (Wildman–Crippen MR) is 95.3 cm³/mol. The summed E-state index contributed by atoms with van der Waals surface area (Å²) in [5.41, 5.74) is 2.57. The summed E-state index contributed by atoms with van der Waals surface area (Å²) in [6.45, 7) is 5.04. The average Bonchev–Trinajstić information content (AvgIpc) is 2.86. The standard InChI is InChI=1S/C19H26N2O3/c1-13-14(12-21-10-6-4-5-7-11-21)19(22)17-15(23-2)8-9-16(24-3)18(17)20-13/h8-9H,4-7,10-12H2,1-3H3,(H,20,22)/p+1. The Morgan fingerprint density at radius 2 is 1.67 bits per heavy atom. The van der Waals surface area contributed by atoms with Crippen molar-refractivity contribution in [1.29, 1.82) is 0 Å². The van der Waals surface area contributed by atoms with Crippen LogP contribution in [0.3, 0.4) is 0 Å². The molecule has 0 radical (unpaired) electrons.